The number of rotatable bonds is 9. The average molecular weight is 459 g/mol. The predicted octanol–water partition coefficient (Wildman–Crippen LogP) is 4.38. The Morgan fingerprint density at radius 1 is 1.33 bits per heavy atom. The van der Waals surface area contributed by atoms with E-state index in [9.17, 15) is 18.0 Å². The van der Waals surface area contributed by atoms with Gasteiger partial charge < -0.3 is 15.5 Å². The standard InChI is InChI=1S/C23H24F3N5O2/c1-4-6-17(11-12-27)33-18-8-5-7-16(13-18)9-10-20(28-2)19-14-29-22(31(3)21(19)32)30-15-23(24,25)26/h4-14,27H,15H2,1-3H3,(H,29,30)/b6-4+,10-9-,17-11+,27-12?,28-20?. The molecule has 1 aromatic heterocycles. The van der Waals surface area contributed by atoms with Crippen LogP contribution in [0.25, 0.3) is 6.08 Å². The van der Waals surface area contributed by atoms with Crippen LogP contribution in [0.4, 0.5) is 19.1 Å². The van der Waals surface area contributed by atoms with E-state index in [0.717, 1.165) is 16.3 Å². The molecule has 2 N–H and O–H groups in total. The largest absolute Gasteiger partial charge is 0.457 e. The molecule has 0 fully saturated rings. The van der Waals surface area contributed by atoms with E-state index in [4.69, 9.17) is 10.1 Å². The summed E-state index contributed by atoms with van der Waals surface area (Å²) in [5, 5.41) is 9.31. The van der Waals surface area contributed by atoms with Crippen LogP contribution in [0, 0.1) is 5.41 Å². The fourth-order valence-corrected chi connectivity index (χ4v) is 2.71. The molecule has 0 aliphatic rings. The molecule has 33 heavy (non-hydrogen) atoms. The van der Waals surface area contributed by atoms with Crippen molar-refractivity contribution in [3.63, 3.8) is 0 Å². The smallest absolute Gasteiger partial charge is 0.405 e. The third-order valence-electron chi connectivity index (χ3n) is 4.24. The number of allylic oxidation sites excluding steroid dienone is 4. The lowest BCUT2D eigenvalue weighted by Gasteiger charge is -2.12. The maximum Gasteiger partial charge on any atom is 0.405 e. The van der Waals surface area contributed by atoms with Crippen LogP contribution in [-0.4, -0.2) is 41.2 Å². The van der Waals surface area contributed by atoms with E-state index in [1.165, 1.54) is 26.4 Å². The van der Waals surface area contributed by atoms with Gasteiger partial charge in [-0.25, -0.2) is 4.98 Å². The van der Waals surface area contributed by atoms with Crippen LogP contribution in [0.15, 0.2) is 70.3 Å². The first-order chi connectivity index (χ1) is 15.7. The number of nitrogens with one attached hydrogen (secondary N) is 2. The molecule has 0 bridgehead atoms. The van der Waals surface area contributed by atoms with Crippen molar-refractivity contribution < 1.29 is 17.9 Å². The number of hydrogen-bond donors (Lipinski definition) is 2. The quantitative estimate of drug-likeness (QED) is 0.331. The second kappa shape index (κ2) is 11.6. The number of ether oxygens (including phenoxy) is 1. The summed E-state index contributed by atoms with van der Waals surface area (Å²) in [6, 6.07) is 7.15. The van der Waals surface area contributed by atoms with Crippen molar-refractivity contribution in [2.45, 2.75) is 13.1 Å². The van der Waals surface area contributed by atoms with E-state index >= 15 is 0 Å². The monoisotopic (exact) mass is 459 g/mol. The molecule has 1 aromatic carbocycles. The lowest BCUT2D eigenvalue weighted by molar-refractivity contribution is -0.115. The molecular weight excluding hydrogens is 435 g/mol. The number of alkyl halides is 3. The van der Waals surface area contributed by atoms with Crippen LogP contribution in [0.5, 0.6) is 5.75 Å². The highest BCUT2D eigenvalue weighted by atomic mass is 19.4. The molecule has 0 aliphatic heterocycles. The Hall–Kier alpha value is -3.95. The lowest BCUT2D eigenvalue weighted by atomic mass is 10.1. The van der Waals surface area contributed by atoms with Gasteiger partial charge in [-0.3, -0.25) is 14.4 Å². The molecule has 2 rings (SSSR count). The van der Waals surface area contributed by atoms with Crippen LogP contribution >= 0.6 is 0 Å². The molecular formula is C23H24F3N5O2. The van der Waals surface area contributed by atoms with Gasteiger partial charge >= 0.3 is 6.18 Å². The Kier molecular flexibility index (Phi) is 8.90. The first-order valence-electron chi connectivity index (χ1n) is 9.81. The maximum absolute atomic E-state index is 12.7. The summed E-state index contributed by atoms with van der Waals surface area (Å²) in [4.78, 5) is 20.7. The first kappa shape index (κ1) is 25.3. The number of hydrogen-bond acceptors (Lipinski definition) is 6. The molecule has 0 unspecified atom stereocenters. The van der Waals surface area contributed by atoms with Crippen molar-refractivity contribution in [1.82, 2.24) is 9.55 Å². The number of nitrogens with zero attached hydrogens (tertiary/aromatic N) is 3. The van der Waals surface area contributed by atoms with E-state index < -0.39 is 18.3 Å². The molecule has 0 aliphatic carbocycles. The van der Waals surface area contributed by atoms with Gasteiger partial charge in [0.2, 0.25) is 5.95 Å². The Morgan fingerprint density at radius 3 is 2.73 bits per heavy atom. The van der Waals surface area contributed by atoms with Crippen LogP contribution in [0.3, 0.4) is 0 Å². The van der Waals surface area contributed by atoms with Crippen molar-refractivity contribution >= 4 is 24.0 Å². The number of halogens is 3. The summed E-state index contributed by atoms with van der Waals surface area (Å²) >= 11 is 0. The predicted molar refractivity (Wildman–Crippen MR) is 124 cm³/mol. The Balaban J connectivity index is 2.26. The number of benzene rings is 1. The third-order valence-corrected chi connectivity index (χ3v) is 4.24. The lowest BCUT2D eigenvalue weighted by Crippen LogP contribution is -2.30. The second-order valence-electron chi connectivity index (χ2n) is 6.68. The fourth-order valence-electron chi connectivity index (χ4n) is 2.71. The van der Waals surface area contributed by atoms with E-state index in [0.29, 0.717) is 17.2 Å². The van der Waals surface area contributed by atoms with Gasteiger partial charge in [-0.15, -0.1) is 0 Å². The SMILES string of the molecule is C/C=C/C(=C\C=N)Oc1cccc(/C=C\C(=NC)c2cnc(NCC(F)(F)F)n(C)c2=O)c1. The molecule has 0 saturated carbocycles. The van der Waals surface area contributed by atoms with Gasteiger partial charge in [-0.2, -0.15) is 13.2 Å². The zero-order valence-electron chi connectivity index (χ0n) is 18.3. The highest BCUT2D eigenvalue weighted by Crippen LogP contribution is 2.18. The molecule has 0 amide bonds. The van der Waals surface area contributed by atoms with E-state index in [1.807, 2.05) is 13.0 Å². The van der Waals surface area contributed by atoms with Crippen LogP contribution in [-0.2, 0) is 7.05 Å². The molecule has 7 nitrogen and oxygen atoms in total. The molecule has 2 aromatic rings. The summed E-state index contributed by atoms with van der Waals surface area (Å²) < 4.78 is 44.1. The fraction of sp³-hybridized carbons (Fsp3) is 0.217. The molecule has 0 saturated heterocycles. The number of aliphatic imine (C=N–C) groups is 1. The first-order valence-corrected chi connectivity index (χ1v) is 9.81. The molecule has 1 heterocycles. The molecule has 10 heteroatoms. The summed E-state index contributed by atoms with van der Waals surface area (Å²) in [5.74, 6) is 0.856. The van der Waals surface area contributed by atoms with Gasteiger partial charge in [-0.05, 0) is 42.8 Å². The molecule has 0 spiro atoms. The van der Waals surface area contributed by atoms with E-state index in [-0.39, 0.29) is 11.5 Å². The maximum atomic E-state index is 12.7. The molecule has 174 valence electrons. The van der Waals surface area contributed by atoms with Crippen molar-refractivity contribution in [3.05, 3.63) is 82.0 Å². The Morgan fingerprint density at radius 2 is 2.09 bits per heavy atom. The minimum absolute atomic E-state index is 0.144. The topological polar surface area (TPSA) is 92.4 Å². The normalized spacial score (nSPS) is 13.0. The third kappa shape index (κ3) is 7.60. The minimum atomic E-state index is -4.43. The Labute approximate surface area is 189 Å². The summed E-state index contributed by atoms with van der Waals surface area (Å²) in [5.41, 5.74) is 0.682. The van der Waals surface area contributed by atoms with Gasteiger partial charge in [0, 0.05) is 26.5 Å². The average Bonchev–Trinajstić information content (AvgIpc) is 2.76. The zero-order valence-corrected chi connectivity index (χ0v) is 18.3. The summed E-state index contributed by atoms with van der Waals surface area (Å²) in [7, 11) is 2.83. The second-order valence-corrected chi connectivity index (χ2v) is 6.68. The van der Waals surface area contributed by atoms with Gasteiger partial charge in [0.1, 0.15) is 18.1 Å². The van der Waals surface area contributed by atoms with Crippen LogP contribution in [0.2, 0.25) is 0 Å². The highest BCUT2D eigenvalue weighted by Gasteiger charge is 2.27. The van der Waals surface area contributed by atoms with E-state index in [1.54, 1.807) is 42.5 Å². The van der Waals surface area contributed by atoms with Crippen molar-refractivity contribution in [2.75, 3.05) is 18.9 Å². The number of aromatic nitrogens is 2. The van der Waals surface area contributed by atoms with Crippen molar-refractivity contribution in [3.8, 4) is 5.75 Å². The van der Waals surface area contributed by atoms with Gasteiger partial charge in [0.25, 0.3) is 5.56 Å². The van der Waals surface area contributed by atoms with Crippen LogP contribution < -0.4 is 15.6 Å². The van der Waals surface area contributed by atoms with Gasteiger partial charge in [0.15, 0.2) is 0 Å². The summed E-state index contributed by atoms with van der Waals surface area (Å²) in [6.45, 7) is 0.536. The summed E-state index contributed by atoms with van der Waals surface area (Å²) in [6.07, 6.45) is 6.25. The molecule has 0 radical (unpaired) electrons. The number of anilines is 1. The van der Waals surface area contributed by atoms with Gasteiger partial charge in [-0.1, -0.05) is 24.3 Å². The van der Waals surface area contributed by atoms with Crippen molar-refractivity contribution in [2.24, 2.45) is 12.0 Å². The van der Waals surface area contributed by atoms with Crippen LogP contribution in [0.1, 0.15) is 18.1 Å². The highest BCUT2D eigenvalue weighted by molar-refractivity contribution is 6.10. The van der Waals surface area contributed by atoms with E-state index in [2.05, 4.69) is 15.3 Å². The van der Waals surface area contributed by atoms with Crippen molar-refractivity contribution in [1.29, 1.82) is 5.41 Å². The molecule has 0 atom stereocenters. The minimum Gasteiger partial charge on any atom is -0.457 e. The zero-order chi connectivity index (χ0) is 24.4. The Bertz CT molecular complexity index is 1160. The van der Waals surface area contributed by atoms with Gasteiger partial charge in [0.05, 0.1) is 11.3 Å².